The number of carbonyl (C=O) groups excluding carboxylic acids is 1. The highest BCUT2D eigenvalue weighted by atomic mass is 16.5. The number of hydrogen-bond donors (Lipinski definition) is 2. The van der Waals surface area contributed by atoms with Crippen molar-refractivity contribution in [2.24, 2.45) is 5.92 Å². The van der Waals surface area contributed by atoms with Crippen molar-refractivity contribution < 1.29 is 14.6 Å². The van der Waals surface area contributed by atoms with Crippen molar-refractivity contribution in [1.82, 2.24) is 5.32 Å². The highest BCUT2D eigenvalue weighted by Gasteiger charge is 2.25. The molecule has 2 N–H and O–H groups in total. The highest BCUT2D eigenvalue weighted by molar-refractivity contribution is 5.75. The molecule has 110 valence electrons. The third-order valence-corrected chi connectivity index (χ3v) is 3.74. The summed E-state index contributed by atoms with van der Waals surface area (Å²) < 4.78 is 5.53. The first-order valence-electron chi connectivity index (χ1n) is 7.38. The average Bonchev–Trinajstić information content (AvgIpc) is 2.88. The zero-order valence-corrected chi connectivity index (χ0v) is 11.8. The normalized spacial score (nSPS) is 21.6. The molecule has 2 unspecified atom stereocenters. The van der Waals surface area contributed by atoms with Crippen LogP contribution in [0.25, 0.3) is 0 Å². The SMILES string of the molecule is O=C(CCCOc1ccccc1)NCC1CCCC1O. The number of benzene rings is 1. The summed E-state index contributed by atoms with van der Waals surface area (Å²) in [6, 6.07) is 9.60. The topological polar surface area (TPSA) is 58.6 Å². The second-order valence-corrected chi connectivity index (χ2v) is 5.33. The highest BCUT2D eigenvalue weighted by Crippen LogP contribution is 2.24. The molecule has 1 aliphatic carbocycles. The predicted octanol–water partition coefficient (Wildman–Crippen LogP) is 2.12. The van der Waals surface area contributed by atoms with Gasteiger partial charge >= 0.3 is 0 Å². The Hall–Kier alpha value is -1.55. The molecular formula is C16H23NO3. The molecule has 0 saturated heterocycles. The van der Waals surface area contributed by atoms with Gasteiger partial charge in [0.1, 0.15) is 5.75 Å². The van der Waals surface area contributed by atoms with E-state index in [1.807, 2.05) is 30.3 Å². The lowest BCUT2D eigenvalue weighted by molar-refractivity contribution is -0.121. The van der Waals surface area contributed by atoms with Crippen molar-refractivity contribution >= 4 is 5.91 Å². The maximum absolute atomic E-state index is 11.7. The minimum atomic E-state index is -0.239. The monoisotopic (exact) mass is 277 g/mol. The van der Waals surface area contributed by atoms with Gasteiger partial charge in [-0.3, -0.25) is 4.79 Å². The summed E-state index contributed by atoms with van der Waals surface area (Å²) in [7, 11) is 0. The molecule has 1 aliphatic rings. The molecule has 1 aromatic carbocycles. The van der Waals surface area contributed by atoms with Crippen LogP contribution in [-0.2, 0) is 4.79 Å². The van der Waals surface area contributed by atoms with Crippen molar-refractivity contribution in [3.05, 3.63) is 30.3 Å². The lowest BCUT2D eigenvalue weighted by Gasteiger charge is -2.15. The number of carbonyl (C=O) groups is 1. The average molecular weight is 277 g/mol. The maximum atomic E-state index is 11.7. The number of aliphatic hydroxyl groups is 1. The van der Waals surface area contributed by atoms with Crippen molar-refractivity contribution in [3.63, 3.8) is 0 Å². The number of ether oxygens (including phenoxy) is 1. The fourth-order valence-electron chi connectivity index (χ4n) is 2.53. The first-order valence-corrected chi connectivity index (χ1v) is 7.38. The van der Waals surface area contributed by atoms with E-state index in [2.05, 4.69) is 5.32 Å². The van der Waals surface area contributed by atoms with Gasteiger partial charge in [-0.15, -0.1) is 0 Å². The number of amides is 1. The molecule has 4 nitrogen and oxygen atoms in total. The van der Waals surface area contributed by atoms with Gasteiger partial charge in [0.25, 0.3) is 0 Å². The zero-order valence-electron chi connectivity index (χ0n) is 11.8. The molecule has 0 spiro atoms. The molecule has 2 atom stereocenters. The smallest absolute Gasteiger partial charge is 0.220 e. The van der Waals surface area contributed by atoms with Gasteiger partial charge < -0.3 is 15.2 Å². The van der Waals surface area contributed by atoms with E-state index in [9.17, 15) is 9.90 Å². The first kappa shape index (κ1) is 14.9. The minimum Gasteiger partial charge on any atom is -0.494 e. The van der Waals surface area contributed by atoms with E-state index in [-0.39, 0.29) is 17.9 Å². The summed E-state index contributed by atoms with van der Waals surface area (Å²) >= 11 is 0. The van der Waals surface area contributed by atoms with Crippen LogP contribution in [0.2, 0.25) is 0 Å². The Labute approximate surface area is 120 Å². The Morgan fingerprint density at radius 1 is 1.30 bits per heavy atom. The fraction of sp³-hybridized carbons (Fsp3) is 0.562. The van der Waals surface area contributed by atoms with Gasteiger partial charge in [0.15, 0.2) is 0 Å². The molecule has 2 rings (SSSR count). The molecule has 20 heavy (non-hydrogen) atoms. The third-order valence-electron chi connectivity index (χ3n) is 3.74. The molecule has 0 aromatic heterocycles. The summed E-state index contributed by atoms with van der Waals surface area (Å²) in [5, 5.41) is 12.6. The quantitative estimate of drug-likeness (QED) is 0.751. The Kier molecular flexibility index (Phi) is 5.87. The first-order chi connectivity index (χ1) is 9.75. The molecule has 4 heteroatoms. The molecule has 0 radical (unpaired) electrons. The Morgan fingerprint density at radius 3 is 2.80 bits per heavy atom. The summed E-state index contributed by atoms with van der Waals surface area (Å²) in [5.74, 6) is 1.11. The van der Waals surface area contributed by atoms with Crippen LogP contribution in [-0.4, -0.2) is 30.3 Å². The van der Waals surface area contributed by atoms with E-state index in [0.717, 1.165) is 25.0 Å². The maximum Gasteiger partial charge on any atom is 0.220 e. The summed E-state index contributed by atoms with van der Waals surface area (Å²) in [6.45, 7) is 1.14. The number of rotatable bonds is 7. The largest absolute Gasteiger partial charge is 0.494 e. The molecule has 1 amide bonds. The van der Waals surface area contributed by atoms with Crippen LogP contribution in [0.15, 0.2) is 30.3 Å². The van der Waals surface area contributed by atoms with Gasteiger partial charge in [0.05, 0.1) is 12.7 Å². The van der Waals surface area contributed by atoms with Crippen LogP contribution in [0.1, 0.15) is 32.1 Å². The standard InChI is InChI=1S/C16H23NO3/c18-15-9-4-6-13(15)12-17-16(19)10-5-11-20-14-7-2-1-3-8-14/h1-3,7-8,13,15,18H,4-6,9-12H2,(H,17,19). The molecule has 0 aliphatic heterocycles. The Bertz CT molecular complexity index is 407. The minimum absolute atomic E-state index is 0.0424. The van der Waals surface area contributed by atoms with E-state index in [1.54, 1.807) is 0 Å². The zero-order chi connectivity index (χ0) is 14.2. The molecule has 0 bridgehead atoms. The van der Waals surface area contributed by atoms with Gasteiger partial charge in [-0.2, -0.15) is 0 Å². The van der Waals surface area contributed by atoms with Crippen LogP contribution in [0.3, 0.4) is 0 Å². The van der Waals surface area contributed by atoms with Crippen molar-refractivity contribution in [1.29, 1.82) is 0 Å². The number of para-hydroxylation sites is 1. The second kappa shape index (κ2) is 7.90. The van der Waals surface area contributed by atoms with E-state index < -0.39 is 0 Å². The van der Waals surface area contributed by atoms with E-state index >= 15 is 0 Å². The van der Waals surface area contributed by atoms with Crippen LogP contribution < -0.4 is 10.1 Å². The van der Waals surface area contributed by atoms with E-state index in [4.69, 9.17) is 4.74 Å². The Morgan fingerprint density at radius 2 is 2.10 bits per heavy atom. The number of aliphatic hydroxyl groups excluding tert-OH is 1. The molecule has 1 aromatic rings. The fourth-order valence-corrected chi connectivity index (χ4v) is 2.53. The van der Waals surface area contributed by atoms with Crippen LogP contribution >= 0.6 is 0 Å². The lowest BCUT2D eigenvalue weighted by Crippen LogP contribution is -2.32. The van der Waals surface area contributed by atoms with E-state index in [1.165, 1.54) is 0 Å². The molecule has 1 fully saturated rings. The van der Waals surface area contributed by atoms with Gasteiger partial charge in [0.2, 0.25) is 5.91 Å². The van der Waals surface area contributed by atoms with Crippen LogP contribution in [0.5, 0.6) is 5.75 Å². The summed E-state index contributed by atoms with van der Waals surface area (Å²) in [4.78, 5) is 11.7. The lowest BCUT2D eigenvalue weighted by atomic mass is 10.1. The van der Waals surface area contributed by atoms with Gasteiger partial charge in [-0.25, -0.2) is 0 Å². The molecule has 0 heterocycles. The molecule has 1 saturated carbocycles. The van der Waals surface area contributed by atoms with Gasteiger partial charge in [-0.05, 0) is 31.4 Å². The van der Waals surface area contributed by atoms with Crippen LogP contribution in [0.4, 0.5) is 0 Å². The third kappa shape index (κ3) is 4.85. The van der Waals surface area contributed by atoms with Crippen LogP contribution in [0, 0.1) is 5.92 Å². The second-order valence-electron chi connectivity index (χ2n) is 5.33. The number of nitrogens with one attached hydrogen (secondary N) is 1. The van der Waals surface area contributed by atoms with Gasteiger partial charge in [0, 0.05) is 18.9 Å². The van der Waals surface area contributed by atoms with Crippen molar-refractivity contribution in [2.45, 2.75) is 38.2 Å². The van der Waals surface area contributed by atoms with Crippen molar-refractivity contribution in [2.75, 3.05) is 13.2 Å². The number of hydrogen-bond acceptors (Lipinski definition) is 3. The summed E-state index contributed by atoms with van der Waals surface area (Å²) in [5.41, 5.74) is 0. The Balaban J connectivity index is 1.54. The predicted molar refractivity (Wildman–Crippen MR) is 77.5 cm³/mol. The van der Waals surface area contributed by atoms with Gasteiger partial charge in [-0.1, -0.05) is 24.6 Å². The van der Waals surface area contributed by atoms with E-state index in [0.29, 0.717) is 26.0 Å². The molecular weight excluding hydrogens is 254 g/mol. The van der Waals surface area contributed by atoms with Crippen molar-refractivity contribution in [3.8, 4) is 5.75 Å². The summed E-state index contributed by atoms with van der Waals surface area (Å²) in [6.07, 6.45) is 3.87.